The van der Waals surface area contributed by atoms with Gasteiger partial charge in [-0.05, 0) is 63.2 Å². The van der Waals surface area contributed by atoms with Crippen LogP contribution in [0.1, 0.15) is 132 Å². The molecule has 0 spiro atoms. The van der Waals surface area contributed by atoms with E-state index in [4.69, 9.17) is 19.3 Å². The van der Waals surface area contributed by atoms with Crippen molar-refractivity contribution in [1.29, 1.82) is 0 Å². The minimum Gasteiger partial charge on any atom is -0.124 e. The topological polar surface area (TPSA) is 0 Å². The Bertz CT molecular complexity index is 599. The van der Waals surface area contributed by atoms with Gasteiger partial charge in [0, 0.05) is 76.0 Å². The Morgan fingerprint density at radius 3 is 0.591 bits per heavy atom. The monoisotopic (exact) mass is 593 g/mol. The van der Waals surface area contributed by atoms with Crippen molar-refractivity contribution in [1.82, 2.24) is 0 Å². The van der Waals surface area contributed by atoms with Gasteiger partial charge in [0.25, 0.3) is 0 Å². The third kappa shape index (κ3) is 5810. The van der Waals surface area contributed by atoms with Crippen LogP contribution in [-0.4, -0.2) is 76.0 Å². The molecule has 0 saturated heterocycles. The fraction of sp³-hybridized carbons (Fsp3) is 0.529. The van der Waals surface area contributed by atoms with Crippen molar-refractivity contribution in [2.45, 2.75) is 132 Å². The van der Waals surface area contributed by atoms with Gasteiger partial charge in [-0.25, -0.2) is 0 Å². The molecule has 0 heterocycles. The first-order valence-corrected chi connectivity index (χ1v) is 6.99. The maximum absolute atomic E-state index is 4.72. The highest BCUT2D eigenvalue weighted by Crippen LogP contribution is 1.43. The van der Waals surface area contributed by atoms with Gasteiger partial charge in [0.2, 0.25) is 0 Å². The van der Waals surface area contributed by atoms with Crippen molar-refractivity contribution < 1.29 is 0 Å². The second-order valence-electron chi connectivity index (χ2n) is 2.62. The van der Waals surface area contributed by atoms with Gasteiger partial charge < -0.3 is 0 Å². The lowest BCUT2D eigenvalue weighted by molar-refractivity contribution is 1.83. The molecule has 0 nitrogen and oxygen atoms in total. The van der Waals surface area contributed by atoms with Crippen LogP contribution in [0.2, 0.25) is 0 Å². The van der Waals surface area contributed by atoms with Crippen LogP contribution in [0.5, 0.6) is 0 Å². The number of rotatable bonds is 0. The second kappa shape index (κ2) is 496. The third-order valence-electron chi connectivity index (χ3n) is 0.654. The van der Waals surface area contributed by atoms with Gasteiger partial charge in [-0.1, -0.05) is 110 Å². The molecule has 0 unspecified atom stereocenters. The molecule has 0 N–H and O–H groups in total. The summed E-state index contributed by atoms with van der Waals surface area (Å²) in [5.41, 5.74) is 0. The van der Waals surface area contributed by atoms with Crippen LogP contribution in [0.3, 0.4) is 0 Å². The van der Waals surface area contributed by atoms with E-state index in [0.29, 0.717) is 0 Å². The van der Waals surface area contributed by atoms with E-state index in [1.54, 1.807) is 13.8 Å². The molecule has 0 aromatic heterocycles. The molecule has 0 aliphatic rings. The molecule has 0 fully saturated rings. The first-order valence-electron chi connectivity index (χ1n) is 6.99. The smallest absolute Gasteiger partial charge is 0 e. The van der Waals surface area contributed by atoms with Gasteiger partial charge in [0.1, 0.15) is 0 Å². The van der Waals surface area contributed by atoms with E-state index in [0.717, 1.165) is 7.06 Å². The molecule has 44 heavy (non-hydrogen) atoms. The second-order valence-corrected chi connectivity index (χ2v) is 2.62. The molecular weight excluding hydrogens is 516 g/mol. The van der Waals surface area contributed by atoms with Crippen molar-refractivity contribution >= 4 is 76.0 Å². The van der Waals surface area contributed by atoms with Crippen LogP contribution in [0.25, 0.3) is 0 Å². The highest BCUT2D eigenvalue weighted by molar-refractivity contribution is 7.49. The summed E-state index contributed by atoms with van der Waals surface area (Å²) < 4.78 is 0. The fourth-order valence-electron chi connectivity index (χ4n) is 0.144. The predicted molar refractivity (Wildman–Crippen MR) is 243 cm³/mol. The SMILES string of the molecule is C.C.C.C.C.C.C.C.C.C.C.C.C.C.C#C.C#CC.C#CC#CC.C#CC#CC#C.CC#CC.[B].[B]B([B])[B].[B][B].[B][B][B]. The Morgan fingerprint density at radius 1 is 0.455 bits per heavy atom. The fourth-order valence-corrected chi connectivity index (χ4v) is 0.144. The van der Waals surface area contributed by atoms with Gasteiger partial charge in [-0.15, -0.1) is 56.3 Å². The van der Waals surface area contributed by atoms with Crippen molar-refractivity contribution in [3.63, 3.8) is 0 Å². The molecule has 0 aliphatic heterocycles. The Hall–Kier alpha value is -2.87. The van der Waals surface area contributed by atoms with Crippen LogP contribution in [0, 0.1) is 97.7 Å². The summed E-state index contributed by atoms with van der Waals surface area (Å²) in [5.74, 6) is 23.3. The van der Waals surface area contributed by atoms with E-state index in [2.05, 4.69) is 133 Å². The normalized spacial score (nSPS) is 2.23. The van der Waals surface area contributed by atoms with Gasteiger partial charge in [0.05, 0.1) is 0 Å². The zero-order valence-corrected chi connectivity index (χ0v) is 18.2. The molecule has 0 aliphatic carbocycles. The van der Waals surface area contributed by atoms with Gasteiger partial charge in [0.15, 0.2) is 0 Å². The van der Waals surface area contributed by atoms with E-state index >= 15 is 0 Å². The zero-order chi connectivity index (χ0) is 25.4. The van der Waals surface area contributed by atoms with Crippen molar-refractivity contribution in [2.24, 2.45) is 0 Å². The molecule has 18 radical (unpaired) electrons. The number of hydrogen-bond donors (Lipinski definition) is 0. The van der Waals surface area contributed by atoms with Crippen molar-refractivity contribution in [3.05, 3.63) is 0 Å². The first kappa shape index (κ1) is 202. The highest BCUT2D eigenvalue weighted by atomic mass is 13.4. The molecular formula is C34H74B10. The summed E-state index contributed by atoms with van der Waals surface area (Å²) in [6.45, 7) is 7.00. The van der Waals surface area contributed by atoms with Crippen LogP contribution in [0.15, 0.2) is 0 Å². The largest absolute Gasteiger partial charge is 0.124 e. The molecule has 240 valence electrons. The molecule has 0 saturated carbocycles. The summed E-state index contributed by atoms with van der Waals surface area (Å²) in [6.07, 6.45) is 26.0. The summed E-state index contributed by atoms with van der Waals surface area (Å²) in [5, 5.41) is 0. The lowest BCUT2D eigenvalue weighted by atomic mass is 9.08. The molecule has 0 atom stereocenters. The van der Waals surface area contributed by atoms with E-state index in [1.807, 2.05) is 13.8 Å². The predicted octanol–water partition coefficient (Wildman–Crippen LogP) is 7.92. The van der Waals surface area contributed by atoms with E-state index < -0.39 is 6.39 Å². The van der Waals surface area contributed by atoms with E-state index in [-0.39, 0.29) is 112 Å². The van der Waals surface area contributed by atoms with Crippen LogP contribution in [-0.2, 0) is 0 Å². The standard InChI is InChI=1S/C6H2.C5H4.C4H6.C3H4.C2H2.14CH4.B4.B3.B2.B/c1-3-5-6-4-2;1-3-5-4-2;1-3-4-2;1-3-2;1-2;;;;;;;;;;;;;;;1-4(2)3;1-3-2;1-2;/h1-2H;1H,2H3;1-2H3;1H,2H3;1-2H;14*1H4;;;;. The van der Waals surface area contributed by atoms with Gasteiger partial charge in [-0.3, -0.25) is 0 Å². The molecule has 0 aromatic rings. The van der Waals surface area contributed by atoms with E-state index in [1.165, 1.54) is 0 Å². The minimum absolute atomic E-state index is 0. The Kier molecular flexibility index (Phi) is 2270. The summed E-state index contributed by atoms with van der Waals surface area (Å²) in [6, 6.07) is 0. The number of terminal acetylenes is 5. The summed E-state index contributed by atoms with van der Waals surface area (Å²) in [7, 11) is 32.0. The Labute approximate surface area is 304 Å². The quantitative estimate of drug-likeness (QED) is 0.199. The van der Waals surface area contributed by atoms with Crippen molar-refractivity contribution in [3.8, 4) is 97.7 Å². The average molecular weight is 591 g/mol. The Morgan fingerprint density at radius 2 is 0.568 bits per heavy atom. The average Bonchev–Trinajstić information content (AvgIpc) is 2.71. The molecule has 0 aromatic carbocycles. The lowest BCUT2D eigenvalue weighted by Gasteiger charge is -1.73. The van der Waals surface area contributed by atoms with Crippen molar-refractivity contribution in [2.75, 3.05) is 0 Å². The molecule has 0 bridgehead atoms. The maximum Gasteiger partial charge on any atom is 0 e. The molecule has 0 rings (SSSR count). The van der Waals surface area contributed by atoms with Gasteiger partial charge >= 0.3 is 0 Å². The van der Waals surface area contributed by atoms with Crippen LogP contribution >= 0.6 is 0 Å². The first-order chi connectivity index (χ1) is 13.8. The Balaban J connectivity index is -0.00000000529. The summed E-state index contributed by atoms with van der Waals surface area (Å²) in [4.78, 5) is 0. The van der Waals surface area contributed by atoms with Gasteiger partial charge in [-0.2, -0.15) is 0 Å². The van der Waals surface area contributed by atoms with E-state index in [9.17, 15) is 0 Å². The highest BCUT2D eigenvalue weighted by Gasteiger charge is 1.73. The minimum atomic E-state index is -0.667. The molecule has 10 heteroatoms. The van der Waals surface area contributed by atoms with Crippen LogP contribution in [0.4, 0.5) is 0 Å². The number of hydrogen-bond acceptors (Lipinski definition) is 0. The zero-order valence-electron chi connectivity index (χ0n) is 18.2. The molecule has 0 amide bonds. The summed E-state index contributed by atoms with van der Waals surface area (Å²) >= 11 is 0. The third-order valence-corrected chi connectivity index (χ3v) is 0.654. The lowest BCUT2D eigenvalue weighted by Crippen LogP contribution is -2.11. The maximum atomic E-state index is 4.72. The van der Waals surface area contributed by atoms with Crippen LogP contribution < -0.4 is 0 Å².